The van der Waals surface area contributed by atoms with Gasteiger partial charge in [-0.1, -0.05) is 0 Å². The van der Waals surface area contributed by atoms with E-state index >= 15 is 0 Å². The van der Waals surface area contributed by atoms with E-state index in [9.17, 15) is 0 Å². The molecule has 0 aromatic carbocycles. The fraction of sp³-hybridized carbons (Fsp3) is 0. The van der Waals surface area contributed by atoms with Gasteiger partial charge in [-0.15, -0.1) is 0 Å². The number of rotatable bonds is 0. The van der Waals surface area contributed by atoms with Gasteiger partial charge in [0.15, 0.2) is 0 Å². The molecule has 27 valence electrons. The van der Waals surface area contributed by atoms with Crippen LogP contribution in [0.3, 0.4) is 0 Å². The van der Waals surface area contributed by atoms with Gasteiger partial charge >= 0.3 is 0 Å². The molecule has 0 saturated carbocycles. The first-order valence-electron chi connectivity index (χ1n) is 0. The molecule has 0 fully saturated rings. The Morgan fingerprint density at radius 2 is 1.00 bits per heavy atom. The van der Waals surface area contributed by atoms with Crippen LogP contribution in [0.25, 0.3) is 0 Å². The topological polar surface area (TPSA) is 0 Å². The second kappa shape index (κ2) is 34.1. The van der Waals surface area contributed by atoms with Crippen LogP contribution in [0.4, 0.5) is 0 Å². The maximum atomic E-state index is 0. The largest absolute Gasteiger partial charge is 0.197 e. The average Bonchev–Trinajstić information content (AvgIpc) is 0. The van der Waals surface area contributed by atoms with E-state index in [-0.39, 0.29) is 79.5 Å². The van der Waals surface area contributed by atoms with Crippen molar-refractivity contribution in [3.63, 3.8) is 0 Å². The molecule has 0 aromatic rings. The quantitative estimate of drug-likeness (QED) is 0.527. The summed E-state index contributed by atoms with van der Waals surface area (Å²) in [6, 6.07) is 0. The van der Waals surface area contributed by atoms with Crippen LogP contribution in [-0.2, 0) is 57.6 Å². The molecular weight excluding hydrogens is 260 g/mol. The Morgan fingerprint density at radius 1 is 1.00 bits per heavy atom. The van der Waals surface area contributed by atoms with Gasteiger partial charge < -0.3 is 0 Å². The summed E-state index contributed by atoms with van der Waals surface area (Å²) in [4.78, 5) is 0. The number of hydrogen-bond acceptors (Lipinski definition) is 0. The first-order chi connectivity index (χ1) is 0. The third-order valence-electron chi connectivity index (χ3n) is 0. The second-order valence-electron chi connectivity index (χ2n) is 0. The van der Waals surface area contributed by atoms with Crippen molar-refractivity contribution in [1.29, 1.82) is 0 Å². The molecular formula is H2BFeMoSZn. The molecule has 0 aromatic heterocycles. The van der Waals surface area contributed by atoms with E-state index in [0.717, 1.165) is 0 Å². The first-order valence-corrected chi connectivity index (χ1v) is 0. The fourth-order valence-corrected chi connectivity index (χ4v) is 0. The van der Waals surface area contributed by atoms with Gasteiger partial charge in [0.1, 0.15) is 0 Å². The molecule has 5 heteroatoms. The van der Waals surface area contributed by atoms with Crippen LogP contribution in [0.5, 0.6) is 0 Å². The van der Waals surface area contributed by atoms with Crippen LogP contribution in [-0.4, -0.2) is 8.41 Å². The molecule has 0 heterocycles. The Labute approximate surface area is 78.8 Å². The van der Waals surface area contributed by atoms with Gasteiger partial charge in [-0.2, -0.15) is 13.5 Å². The molecule has 0 spiro atoms. The summed E-state index contributed by atoms with van der Waals surface area (Å²) in [6.45, 7) is 0. The standard InChI is InChI=1S/B.Fe.Mo.H2S.Zn/h;;;1H2;. The summed E-state index contributed by atoms with van der Waals surface area (Å²) in [7, 11) is 0. The Kier molecular flexibility index (Phi) is 382. The van der Waals surface area contributed by atoms with Crippen molar-refractivity contribution in [2.45, 2.75) is 0 Å². The van der Waals surface area contributed by atoms with E-state index < -0.39 is 0 Å². The average molecular weight is 262 g/mol. The van der Waals surface area contributed by atoms with Crippen LogP contribution >= 0.6 is 13.5 Å². The zero-order valence-corrected chi connectivity index (χ0v) is 9.62. The molecule has 0 aliphatic carbocycles. The minimum Gasteiger partial charge on any atom is -0.197 e. The van der Waals surface area contributed by atoms with Crippen LogP contribution in [0.1, 0.15) is 0 Å². The third kappa shape index (κ3) is 22.3. The normalized spacial score (nSPS) is 0. The van der Waals surface area contributed by atoms with Crippen molar-refractivity contribution in [2.75, 3.05) is 0 Å². The molecule has 0 nitrogen and oxygen atoms in total. The second-order valence-corrected chi connectivity index (χ2v) is 0. The molecule has 0 unspecified atom stereocenters. The van der Waals surface area contributed by atoms with Gasteiger partial charge in [0, 0.05) is 66.0 Å². The third-order valence-corrected chi connectivity index (χ3v) is 0. The van der Waals surface area contributed by atoms with Crippen molar-refractivity contribution in [3.05, 3.63) is 0 Å². The van der Waals surface area contributed by atoms with Crippen molar-refractivity contribution >= 4 is 21.9 Å². The predicted molar refractivity (Wildman–Crippen MR) is 16.1 cm³/mol. The van der Waals surface area contributed by atoms with Crippen molar-refractivity contribution in [2.24, 2.45) is 0 Å². The smallest absolute Gasteiger partial charge is 0 e. The van der Waals surface area contributed by atoms with E-state index in [1.165, 1.54) is 0 Å². The molecule has 0 bridgehead atoms. The Morgan fingerprint density at radius 3 is 1.00 bits per heavy atom. The summed E-state index contributed by atoms with van der Waals surface area (Å²) in [5.74, 6) is 0. The molecule has 0 rings (SSSR count). The SMILES string of the molecule is S.[B].[Fe].[Mo].[Zn]. The van der Waals surface area contributed by atoms with Gasteiger partial charge in [0.2, 0.25) is 0 Å². The summed E-state index contributed by atoms with van der Waals surface area (Å²) < 4.78 is 0. The Balaban J connectivity index is 0. The predicted octanol–water partition coefficient (Wildman–Crippen LogP) is -0.276. The van der Waals surface area contributed by atoms with Crippen LogP contribution in [0, 0.1) is 0 Å². The molecule has 0 N–H and O–H groups in total. The summed E-state index contributed by atoms with van der Waals surface area (Å²) in [5.41, 5.74) is 0. The van der Waals surface area contributed by atoms with Gasteiger partial charge in [0.25, 0.3) is 0 Å². The van der Waals surface area contributed by atoms with E-state index in [1.807, 2.05) is 0 Å². The fourth-order valence-electron chi connectivity index (χ4n) is 0. The van der Waals surface area contributed by atoms with Crippen LogP contribution in [0.2, 0.25) is 0 Å². The molecule has 0 atom stereocenters. The van der Waals surface area contributed by atoms with Crippen LogP contribution < -0.4 is 0 Å². The van der Waals surface area contributed by atoms with Gasteiger partial charge in [-0.3, -0.25) is 0 Å². The summed E-state index contributed by atoms with van der Waals surface area (Å²) in [6.07, 6.45) is 0. The Bertz CT molecular complexity index is 11.6. The maximum Gasteiger partial charge on any atom is 0 e. The molecule has 0 saturated heterocycles. The van der Waals surface area contributed by atoms with Gasteiger partial charge in [0.05, 0.1) is 0 Å². The monoisotopic (exact) mass is 263 g/mol. The molecule has 5 heavy (non-hydrogen) atoms. The van der Waals surface area contributed by atoms with E-state index in [4.69, 9.17) is 0 Å². The van der Waals surface area contributed by atoms with Crippen molar-refractivity contribution in [1.82, 2.24) is 0 Å². The van der Waals surface area contributed by atoms with E-state index in [2.05, 4.69) is 0 Å². The van der Waals surface area contributed by atoms with Gasteiger partial charge in [-0.05, 0) is 0 Å². The van der Waals surface area contributed by atoms with E-state index in [1.54, 1.807) is 0 Å². The van der Waals surface area contributed by atoms with Crippen molar-refractivity contribution < 1.29 is 57.6 Å². The molecule has 0 aliphatic heterocycles. The molecule has 0 amide bonds. The minimum absolute atomic E-state index is 0. The van der Waals surface area contributed by atoms with E-state index in [0.29, 0.717) is 0 Å². The zero-order chi connectivity index (χ0) is 0. The first kappa shape index (κ1) is 56.0. The molecule has 0 aliphatic rings. The summed E-state index contributed by atoms with van der Waals surface area (Å²) >= 11 is 0. The Hall–Kier alpha value is 2.25. The van der Waals surface area contributed by atoms with Crippen LogP contribution in [0.15, 0.2) is 0 Å². The summed E-state index contributed by atoms with van der Waals surface area (Å²) in [5, 5.41) is 0. The van der Waals surface area contributed by atoms with Gasteiger partial charge in [-0.25, -0.2) is 0 Å². The van der Waals surface area contributed by atoms with Crippen molar-refractivity contribution in [3.8, 4) is 0 Å². The zero-order valence-electron chi connectivity index (χ0n) is 2.55. The minimum atomic E-state index is 0. The molecule has 3 radical (unpaired) electrons. The maximum absolute atomic E-state index is 0. The number of hydrogen-bond donors (Lipinski definition) is 0.